The molecule has 0 spiro atoms. The molecule has 0 saturated heterocycles. The molecule has 0 saturated carbocycles. The number of nitrogens with zero attached hydrogens (tertiary/aromatic N) is 6. The molecular weight excluding hydrogens is 438 g/mol. The van der Waals surface area contributed by atoms with E-state index in [2.05, 4.69) is 20.1 Å². The third kappa shape index (κ3) is 3.26. The quantitative estimate of drug-likeness (QED) is 0.438. The Hall–Kier alpha value is -3.57. The predicted molar refractivity (Wildman–Crippen MR) is 114 cm³/mol. The van der Waals surface area contributed by atoms with Crippen LogP contribution in [0.2, 0.25) is 0 Å². The summed E-state index contributed by atoms with van der Waals surface area (Å²) in [5.74, 6) is -1.72. The van der Waals surface area contributed by atoms with Gasteiger partial charge in [-0.15, -0.1) is 11.3 Å². The normalized spacial score (nSPS) is 14.6. The third-order valence-electron chi connectivity index (χ3n) is 5.61. The molecule has 5 rings (SSSR count). The average molecular weight is 454 g/mol. The van der Waals surface area contributed by atoms with Crippen LogP contribution in [0.4, 0.5) is 8.78 Å². The van der Waals surface area contributed by atoms with Gasteiger partial charge in [0.25, 0.3) is 5.56 Å². The van der Waals surface area contributed by atoms with Crippen LogP contribution >= 0.6 is 11.3 Å². The van der Waals surface area contributed by atoms with Crippen LogP contribution in [0.25, 0.3) is 21.1 Å². The van der Waals surface area contributed by atoms with Gasteiger partial charge in [-0.05, 0) is 25.1 Å². The van der Waals surface area contributed by atoms with E-state index in [0.717, 1.165) is 16.8 Å². The Morgan fingerprint density at radius 3 is 2.75 bits per heavy atom. The Morgan fingerprint density at radius 1 is 1.16 bits per heavy atom. The molecule has 8 nitrogen and oxygen atoms in total. The number of aromatic nitrogens is 6. The zero-order valence-corrected chi connectivity index (χ0v) is 17.5. The number of benzene rings is 2. The molecule has 0 aliphatic heterocycles. The number of fused-ring (bicyclic) bond motifs is 2. The van der Waals surface area contributed by atoms with Gasteiger partial charge >= 0.3 is 0 Å². The molecule has 5 aromatic rings. The average Bonchev–Trinajstić information content (AvgIpc) is 3.43. The van der Waals surface area contributed by atoms with Crippen molar-refractivity contribution in [3.8, 4) is 0 Å². The largest absolute Gasteiger partial charge is 0.381 e. The lowest BCUT2D eigenvalue weighted by Gasteiger charge is -2.35. The van der Waals surface area contributed by atoms with Crippen molar-refractivity contribution in [3.63, 3.8) is 0 Å². The highest BCUT2D eigenvalue weighted by Crippen LogP contribution is 2.36. The molecular formula is C21H16F2N6O2S. The molecule has 32 heavy (non-hydrogen) atoms. The minimum absolute atomic E-state index is 0.177. The fourth-order valence-corrected chi connectivity index (χ4v) is 4.53. The second-order valence-corrected chi connectivity index (χ2v) is 8.35. The van der Waals surface area contributed by atoms with E-state index in [0.29, 0.717) is 22.5 Å². The molecule has 162 valence electrons. The maximum atomic E-state index is 14.8. The topological polar surface area (TPSA) is 98.7 Å². The number of hydrogen-bond donors (Lipinski definition) is 1. The molecule has 0 bridgehead atoms. The van der Waals surface area contributed by atoms with Gasteiger partial charge in [0.05, 0.1) is 45.5 Å². The summed E-state index contributed by atoms with van der Waals surface area (Å²) in [5.41, 5.74) is 0.256. The van der Waals surface area contributed by atoms with Gasteiger partial charge < -0.3 is 5.11 Å². The summed E-state index contributed by atoms with van der Waals surface area (Å²) < 4.78 is 31.8. The van der Waals surface area contributed by atoms with Crippen LogP contribution in [0, 0.1) is 11.6 Å². The van der Waals surface area contributed by atoms with Crippen LogP contribution in [0.3, 0.4) is 0 Å². The molecule has 2 atom stereocenters. The van der Waals surface area contributed by atoms with Crippen LogP contribution < -0.4 is 5.56 Å². The highest BCUT2D eigenvalue weighted by Gasteiger charge is 2.41. The Bertz CT molecular complexity index is 1500. The monoisotopic (exact) mass is 454 g/mol. The summed E-state index contributed by atoms with van der Waals surface area (Å²) in [6.07, 6.45) is 3.95. The summed E-state index contributed by atoms with van der Waals surface area (Å²) in [6.45, 7) is 1.34. The Morgan fingerprint density at radius 2 is 2.00 bits per heavy atom. The fraction of sp³-hybridized carbons (Fsp3) is 0.190. The maximum Gasteiger partial charge on any atom is 0.261 e. The van der Waals surface area contributed by atoms with Gasteiger partial charge in [0.15, 0.2) is 0 Å². The first-order valence-electron chi connectivity index (χ1n) is 9.61. The zero-order valence-electron chi connectivity index (χ0n) is 16.7. The van der Waals surface area contributed by atoms with Gasteiger partial charge in [0, 0.05) is 11.6 Å². The molecule has 0 unspecified atom stereocenters. The van der Waals surface area contributed by atoms with Crippen molar-refractivity contribution in [1.82, 2.24) is 29.3 Å². The second kappa shape index (κ2) is 7.53. The highest BCUT2D eigenvalue weighted by molar-refractivity contribution is 7.16. The Labute approximate surface area is 183 Å². The molecule has 3 heterocycles. The van der Waals surface area contributed by atoms with Crippen molar-refractivity contribution in [2.45, 2.75) is 25.1 Å². The molecule has 11 heteroatoms. The van der Waals surface area contributed by atoms with Crippen molar-refractivity contribution >= 4 is 32.5 Å². The highest BCUT2D eigenvalue weighted by atomic mass is 32.1. The third-order valence-corrected chi connectivity index (χ3v) is 6.40. The molecule has 0 fully saturated rings. The first-order chi connectivity index (χ1) is 15.4. The zero-order chi connectivity index (χ0) is 22.5. The molecule has 2 aromatic carbocycles. The van der Waals surface area contributed by atoms with E-state index in [-0.39, 0.29) is 12.1 Å². The minimum atomic E-state index is -1.98. The van der Waals surface area contributed by atoms with Crippen LogP contribution in [-0.2, 0) is 12.1 Å². The number of thiazole rings is 1. The van der Waals surface area contributed by atoms with Crippen molar-refractivity contribution < 1.29 is 13.9 Å². The molecule has 3 aromatic heterocycles. The van der Waals surface area contributed by atoms with Gasteiger partial charge in [0.2, 0.25) is 0 Å². The van der Waals surface area contributed by atoms with E-state index >= 15 is 0 Å². The van der Waals surface area contributed by atoms with Crippen LogP contribution in [-0.4, -0.2) is 34.4 Å². The van der Waals surface area contributed by atoms with Crippen LogP contribution in [0.5, 0.6) is 0 Å². The van der Waals surface area contributed by atoms with Gasteiger partial charge in [-0.1, -0.05) is 6.07 Å². The minimum Gasteiger partial charge on any atom is -0.381 e. The number of rotatable bonds is 5. The smallest absolute Gasteiger partial charge is 0.261 e. The molecule has 0 amide bonds. The second-order valence-electron chi connectivity index (χ2n) is 7.46. The fourth-order valence-electron chi connectivity index (χ4n) is 3.84. The maximum absolute atomic E-state index is 14.8. The standard InChI is InChI=1S/C21H16F2N6O2S/c1-12(29-10-25-17-6-19-18(26-11-32-19)5-14(17)20(29)30)21(31,7-28-9-24-8-27-28)15-3-2-13(22)4-16(15)23/h2-6,8-12,31H,7H2,1H3/t12-,21-/m1/s1. The van der Waals surface area contributed by atoms with E-state index in [1.807, 2.05) is 0 Å². The molecule has 0 radical (unpaired) electrons. The van der Waals surface area contributed by atoms with E-state index in [9.17, 15) is 18.7 Å². The molecule has 0 aliphatic rings. The lowest BCUT2D eigenvalue weighted by molar-refractivity contribution is -0.0343. The van der Waals surface area contributed by atoms with Crippen LogP contribution in [0.15, 0.2) is 59.6 Å². The van der Waals surface area contributed by atoms with E-state index in [1.54, 1.807) is 24.6 Å². The number of hydrogen-bond acceptors (Lipinski definition) is 7. The van der Waals surface area contributed by atoms with Crippen molar-refractivity contribution in [2.75, 3.05) is 0 Å². The summed E-state index contributed by atoms with van der Waals surface area (Å²) in [6, 6.07) is 5.33. The first kappa shape index (κ1) is 20.3. The van der Waals surface area contributed by atoms with Crippen molar-refractivity contribution in [1.29, 1.82) is 0 Å². The Kier molecular flexibility index (Phi) is 4.79. The van der Waals surface area contributed by atoms with Gasteiger partial charge in [-0.2, -0.15) is 5.10 Å². The number of halogens is 2. The van der Waals surface area contributed by atoms with Crippen LogP contribution in [0.1, 0.15) is 18.5 Å². The lowest BCUT2D eigenvalue weighted by Crippen LogP contribution is -2.43. The Balaban J connectivity index is 1.68. The summed E-state index contributed by atoms with van der Waals surface area (Å²) >= 11 is 1.44. The van der Waals surface area contributed by atoms with Gasteiger partial charge in [-0.25, -0.2) is 28.4 Å². The van der Waals surface area contributed by atoms with E-state index < -0.39 is 28.8 Å². The lowest BCUT2D eigenvalue weighted by atomic mass is 9.86. The summed E-state index contributed by atoms with van der Waals surface area (Å²) in [5, 5.41) is 16.0. The summed E-state index contributed by atoms with van der Waals surface area (Å²) in [4.78, 5) is 25.8. The molecule has 1 N–H and O–H groups in total. The van der Waals surface area contributed by atoms with E-state index in [4.69, 9.17) is 0 Å². The van der Waals surface area contributed by atoms with Crippen molar-refractivity contribution in [3.05, 3.63) is 82.4 Å². The van der Waals surface area contributed by atoms with Gasteiger partial charge in [0.1, 0.15) is 29.9 Å². The SMILES string of the molecule is C[C@@H](n1cnc2cc3scnc3cc2c1=O)[C@](O)(Cn1cncn1)c1ccc(F)cc1F. The summed E-state index contributed by atoms with van der Waals surface area (Å²) in [7, 11) is 0. The van der Waals surface area contributed by atoms with Gasteiger partial charge in [-0.3, -0.25) is 9.36 Å². The number of aliphatic hydroxyl groups is 1. The van der Waals surface area contributed by atoms with Crippen molar-refractivity contribution in [2.24, 2.45) is 0 Å². The van der Waals surface area contributed by atoms with E-state index in [1.165, 1.54) is 39.6 Å². The predicted octanol–water partition coefficient (Wildman–Crippen LogP) is 3.02. The first-order valence-corrected chi connectivity index (χ1v) is 10.5. The molecule has 0 aliphatic carbocycles.